The van der Waals surface area contributed by atoms with E-state index < -0.39 is 0 Å². The standard InChI is InChI=1S/C26H39N5O3/c32-25(22-6-7-22)31-20-23(18-24(31)26(33)29-10-8-27-9-11-29)30(19-21-4-2-1-3-5-21)13-12-28-14-16-34-17-15-28/h1-5,22-24,27H,6-20H2. The number of nitrogens with one attached hydrogen (secondary N) is 1. The van der Waals surface area contributed by atoms with Crippen molar-refractivity contribution in [2.45, 2.75) is 37.9 Å². The monoisotopic (exact) mass is 469 g/mol. The van der Waals surface area contributed by atoms with Crippen molar-refractivity contribution in [1.82, 2.24) is 24.9 Å². The van der Waals surface area contributed by atoms with Gasteiger partial charge in [-0.3, -0.25) is 19.4 Å². The summed E-state index contributed by atoms with van der Waals surface area (Å²) < 4.78 is 5.52. The number of rotatable bonds is 8. The molecule has 1 aromatic carbocycles. The lowest BCUT2D eigenvalue weighted by Crippen LogP contribution is -2.53. The van der Waals surface area contributed by atoms with Crippen LogP contribution in [0.15, 0.2) is 30.3 Å². The lowest BCUT2D eigenvalue weighted by molar-refractivity contribution is -0.144. The first-order valence-corrected chi connectivity index (χ1v) is 13.1. The molecule has 8 nitrogen and oxygen atoms in total. The van der Waals surface area contributed by atoms with Gasteiger partial charge in [-0.2, -0.15) is 0 Å². The third-order valence-electron chi connectivity index (χ3n) is 7.75. The highest BCUT2D eigenvalue weighted by Gasteiger charge is 2.46. The molecule has 3 saturated heterocycles. The number of ether oxygens (including phenoxy) is 1. The summed E-state index contributed by atoms with van der Waals surface area (Å²) in [6, 6.07) is 10.4. The third-order valence-corrected chi connectivity index (χ3v) is 7.75. The Kier molecular flexibility index (Phi) is 7.79. The number of benzene rings is 1. The number of piperazine rings is 1. The second kappa shape index (κ2) is 11.2. The fourth-order valence-electron chi connectivity index (χ4n) is 5.52. The molecule has 0 spiro atoms. The number of nitrogens with zero attached hydrogens (tertiary/aromatic N) is 4. The maximum atomic E-state index is 13.6. The van der Waals surface area contributed by atoms with Gasteiger partial charge < -0.3 is 19.9 Å². The Hall–Kier alpha value is -2.00. The summed E-state index contributed by atoms with van der Waals surface area (Å²) in [6.45, 7) is 10.1. The van der Waals surface area contributed by atoms with Crippen LogP contribution in [0.4, 0.5) is 0 Å². The molecule has 4 fully saturated rings. The molecular formula is C26H39N5O3. The van der Waals surface area contributed by atoms with E-state index >= 15 is 0 Å². The van der Waals surface area contributed by atoms with E-state index in [0.29, 0.717) is 6.54 Å². The molecule has 0 radical (unpaired) electrons. The minimum atomic E-state index is -0.321. The van der Waals surface area contributed by atoms with Crippen LogP contribution in [-0.4, -0.2) is 116 Å². The molecule has 1 N–H and O–H groups in total. The van der Waals surface area contributed by atoms with E-state index in [1.165, 1.54) is 5.56 Å². The largest absolute Gasteiger partial charge is 0.379 e. The van der Waals surface area contributed by atoms with E-state index in [1.54, 1.807) is 0 Å². The van der Waals surface area contributed by atoms with E-state index in [9.17, 15) is 9.59 Å². The molecule has 1 aliphatic carbocycles. The van der Waals surface area contributed by atoms with Crippen molar-refractivity contribution in [3.8, 4) is 0 Å². The number of likely N-dealkylation sites (tertiary alicyclic amines) is 1. The second-order valence-electron chi connectivity index (χ2n) is 10.2. The van der Waals surface area contributed by atoms with Crippen LogP contribution < -0.4 is 5.32 Å². The highest BCUT2D eigenvalue weighted by molar-refractivity contribution is 5.90. The predicted molar refractivity (Wildman–Crippen MR) is 130 cm³/mol. The van der Waals surface area contributed by atoms with E-state index in [4.69, 9.17) is 4.74 Å². The summed E-state index contributed by atoms with van der Waals surface area (Å²) >= 11 is 0. The number of carbonyl (C=O) groups is 2. The smallest absolute Gasteiger partial charge is 0.245 e. The zero-order valence-corrected chi connectivity index (χ0v) is 20.2. The number of morpholine rings is 1. The number of hydrogen-bond acceptors (Lipinski definition) is 6. The molecule has 0 aromatic heterocycles. The van der Waals surface area contributed by atoms with Gasteiger partial charge in [0.05, 0.1) is 13.2 Å². The molecular weight excluding hydrogens is 430 g/mol. The molecule has 2 amide bonds. The van der Waals surface area contributed by atoms with E-state index in [2.05, 4.69) is 45.4 Å². The third kappa shape index (κ3) is 5.79. The van der Waals surface area contributed by atoms with Gasteiger partial charge in [-0.1, -0.05) is 30.3 Å². The Morgan fingerprint density at radius 1 is 1.00 bits per heavy atom. The van der Waals surface area contributed by atoms with Gasteiger partial charge in [0.2, 0.25) is 11.8 Å². The average Bonchev–Trinajstić information content (AvgIpc) is 3.65. The van der Waals surface area contributed by atoms with Crippen LogP contribution in [0, 0.1) is 5.92 Å². The fraction of sp³-hybridized carbons (Fsp3) is 0.692. The SMILES string of the molecule is O=C(C1CC(N(CCN2CCOCC2)Cc2ccccc2)CN1C(=O)C1CC1)N1CCNCC1. The van der Waals surface area contributed by atoms with Gasteiger partial charge >= 0.3 is 0 Å². The number of amides is 2. The Labute approximate surface area is 203 Å². The molecule has 8 heteroatoms. The van der Waals surface area contributed by atoms with Gasteiger partial charge in [-0.05, 0) is 24.8 Å². The minimum Gasteiger partial charge on any atom is -0.379 e. The van der Waals surface area contributed by atoms with Crippen molar-refractivity contribution in [2.75, 3.05) is 72.1 Å². The first-order valence-electron chi connectivity index (χ1n) is 13.1. The van der Waals surface area contributed by atoms with Crippen LogP contribution in [0.25, 0.3) is 0 Å². The highest BCUT2D eigenvalue weighted by Crippen LogP contribution is 2.35. The molecule has 186 valence electrons. The molecule has 3 aliphatic heterocycles. The van der Waals surface area contributed by atoms with Gasteiger partial charge in [-0.25, -0.2) is 0 Å². The number of carbonyl (C=O) groups excluding carboxylic acids is 2. The van der Waals surface area contributed by atoms with Crippen molar-refractivity contribution < 1.29 is 14.3 Å². The molecule has 5 rings (SSSR count). The van der Waals surface area contributed by atoms with E-state index in [-0.39, 0.29) is 29.8 Å². The zero-order chi connectivity index (χ0) is 23.3. The van der Waals surface area contributed by atoms with Crippen molar-refractivity contribution in [1.29, 1.82) is 0 Å². The van der Waals surface area contributed by atoms with Crippen molar-refractivity contribution in [2.24, 2.45) is 5.92 Å². The summed E-state index contributed by atoms with van der Waals surface area (Å²) in [5.74, 6) is 0.475. The first-order chi connectivity index (χ1) is 16.7. The van der Waals surface area contributed by atoms with Crippen molar-refractivity contribution in [3.63, 3.8) is 0 Å². The quantitative estimate of drug-likeness (QED) is 0.603. The summed E-state index contributed by atoms with van der Waals surface area (Å²) in [4.78, 5) is 35.7. The van der Waals surface area contributed by atoms with Crippen LogP contribution >= 0.6 is 0 Å². The molecule has 2 unspecified atom stereocenters. The van der Waals surface area contributed by atoms with Gasteiger partial charge in [0.1, 0.15) is 6.04 Å². The van der Waals surface area contributed by atoms with Crippen molar-refractivity contribution >= 4 is 11.8 Å². The lowest BCUT2D eigenvalue weighted by Gasteiger charge is -2.33. The van der Waals surface area contributed by atoms with Gasteiger partial charge in [0.25, 0.3) is 0 Å². The maximum Gasteiger partial charge on any atom is 0.245 e. The molecule has 4 aliphatic rings. The van der Waals surface area contributed by atoms with Crippen LogP contribution in [0.2, 0.25) is 0 Å². The normalized spacial score (nSPS) is 26.3. The minimum absolute atomic E-state index is 0.132. The van der Waals surface area contributed by atoms with Gasteiger partial charge in [0.15, 0.2) is 0 Å². The molecule has 1 aromatic rings. The lowest BCUT2D eigenvalue weighted by atomic mass is 10.1. The summed E-state index contributed by atoms with van der Waals surface area (Å²) in [7, 11) is 0. The molecule has 1 saturated carbocycles. The average molecular weight is 470 g/mol. The van der Waals surface area contributed by atoms with Crippen LogP contribution in [0.1, 0.15) is 24.8 Å². The highest BCUT2D eigenvalue weighted by atomic mass is 16.5. The summed E-state index contributed by atoms with van der Waals surface area (Å²) in [5, 5.41) is 3.33. The topological polar surface area (TPSA) is 68.4 Å². The van der Waals surface area contributed by atoms with Gasteiger partial charge in [0, 0.05) is 77.4 Å². The summed E-state index contributed by atoms with van der Waals surface area (Å²) in [5.41, 5.74) is 1.28. The molecule has 3 heterocycles. The maximum absolute atomic E-state index is 13.6. The Bertz CT molecular complexity index is 821. The predicted octanol–water partition coefficient (Wildman–Crippen LogP) is 0.632. The van der Waals surface area contributed by atoms with E-state index in [0.717, 1.165) is 91.4 Å². The van der Waals surface area contributed by atoms with Gasteiger partial charge in [-0.15, -0.1) is 0 Å². The van der Waals surface area contributed by atoms with Crippen LogP contribution in [0.3, 0.4) is 0 Å². The first kappa shape index (κ1) is 23.7. The van der Waals surface area contributed by atoms with Crippen molar-refractivity contribution in [3.05, 3.63) is 35.9 Å². The Morgan fingerprint density at radius 2 is 1.74 bits per heavy atom. The Morgan fingerprint density at radius 3 is 2.44 bits per heavy atom. The number of hydrogen-bond donors (Lipinski definition) is 1. The zero-order valence-electron chi connectivity index (χ0n) is 20.2. The van der Waals surface area contributed by atoms with Crippen LogP contribution in [0.5, 0.6) is 0 Å². The molecule has 2 atom stereocenters. The molecule has 0 bridgehead atoms. The van der Waals surface area contributed by atoms with E-state index in [1.807, 2.05) is 9.80 Å². The van der Waals surface area contributed by atoms with Crippen LogP contribution in [-0.2, 0) is 20.9 Å². The second-order valence-corrected chi connectivity index (χ2v) is 10.2. The fourth-order valence-corrected chi connectivity index (χ4v) is 5.52. The summed E-state index contributed by atoms with van der Waals surface area (Å²) in [6.07, 6.45) is 2.68. The Balaban J connectivity index is 1.32. The molecule has 34 heavy (non-hydrogen) atoms.